The summed E-state index contributed by atoms with van der Waals surface area (Å²) < 4.78 is 29.5. The van der Waals surface area contributed by atoms with E-state index in [0.29, 0.717) is 0 Å². The highest BCUT2D eigenvalue weighted by molar-refractivity contribution is 14.1. The summed E-state index contributed by atoms with van der Waals surface area (Å²) in [7, 11) is -3.54. The van der Waals surface area contributed by atoms with Gasteiger partial charge in [-0.1, -0.05) is 12.1 Å². The second-order valence-corrected chi connectivity index (χ2v) is 9.06. The van der Waals surface area contributed by atoms with Crippen LogP contribution in [0.1, 0.15) is 10.6 Å². The Morgan fingerprint density at radius 3 is 2.64 bits per heavy atom. The van der Waals surface area contributed by atoms with Gasteiger partial charge in [-0.2, -0.15) is 0 Å². The first kappa shape index (κ1) is 15.9. The van der Waals surface area contributed by atoms with Gasteiger partial charge in [0.2, 0.25) is 10.0 Å². The van der Waals surface area contributed by atoms with E-state index in [4.69, 9.17) is 0 Å². The summed E-state index contributed by atoms with van der Waals surface area (Å²) in [4.78, 5) is 4.59. The monoisotopic (exact) mass is 444 g/mol. The summed E-state index contributed by atoms with van der Waals surface area (Å²) >= 11 is 3.77. The molecule has 7 heteroatoms. The Hall–Kier alpha value is -1.03. The molecule has 114 valence electrons. The zero-order valence-electron chi connectivity index (χ0n) is 11.7. The van der Waals surface area contributed by atoms with Crippen LogP contribution in [0.2, 0.25) is 0 Å². The number of hydrogen-bond acceptors (Lipinski definition) is 4. The van der Waals surface area contributed by atoms with E-state index in [0.717, 1.165) is 24.4 Å². The quantitative estimate of drug-likeness (QED) is 0.625. The third kappa shape index (κ3) is 3.48. The van der Waals surface area contributed by atoms with Crippen molar-refractivity contribution in [3.63, 3.8) is 0 Å². The molecule has 4 nitrogen and oxygen atoms in total. The van der Waals surface area contributed by atoms with Gasteiger partial charge in [0.15, 0.2) is 0 Å². The van der Waals surface area contributed by atoms with E-state index in [1.165, 1.54) is 0 Å². The highest BCUT2D eigenvalue weighted by Crippen LogP contribution is 2.24. The summed E-state index contributed by atoms with van der Waals surface area (Å²) in [5, 5.41) is 0.927. The molecule has 0 fully saturated rings. The number of hydrogen-bond donors (Lipinski definition) is 1. The number of thiazole rings is 1. The summed E-state index contributed by atoms with van der Waals surface area (Å²) in [6.45, 7) is 2.18. The predicted octanol–water partition coefficient (Wildman–Crippen LogP) is 3.69. The fraction of sp³-hybridized carbons (Fsp3) is 0.133. The number of sulfonamides is 1. The maximum Gasteiger partial charge on any atom is 0.240 e. The van der Waals surface area contributed by atoms with E-state index >= 15 is 0 Å². The molecule has 1 heterocycles. The Bertz CT molecular complexity index is 918. The average Bonchev–Trinajstić information content (AvgIpc) is 2.86. The van der Waals surface area contributed by atoms with E-state index in [2.05, 4.69) is 32.3 Å². The molecule has 1 N–H and O–H groups in total. The molecule has 0 spiro atoms. The second kappa shape index (κ2) is 6.23. The molecule has 22 heavy (non-hydrogen) atoms. The van der Waals surface area contributed by atoms with Crippen molar-refractivity contribution in [1.82, 2.24) is 9.71 Å². The van der Waals surface area contributed by atoms with Crippen LogP contribution in [0.25, 0.3) is 10.2 Å². The van der Waals surface area contributed by atoms with Crippen LogP contribution in [0, 0.1) is 10.5 Å². The fourth-order valence-electron chi connectivity index (χ4n) is 2.05. The van der Waals surface area contributed by atoms with Crippen molar-refractivity contribution >= 4 is 54.2 Å². The Morgan fingerprint density at radius 1 is 1.18 bits per heavy atom. The molecular weight excluding hydrogens is 431 g/mol. The van der Waals surface area contributed by atoms with Gasteiger partial charge >= 0.3 is 0 Å². The Balaban J connectivity index is 1.82. The molecule has 3 rings (SSSR count). The smallest absolute Gasteiger partial charge is 0.240 e. The molecule has 0 saturated carbocycles. The number of nitrogens with one attached hydrogen (secondary N) is 1. The van der Waals surface area contributed by atoms with Crippen molar-refractivity contribution in [2.45, 2.75) is 18.4 Å². The standard InChI is InChI=1S/C15H13IN2O2S2/c1-10-18-14-8-13(6-7-15(14)21-10)22(19,20)17-9-11-2-4-12(16)5-3-11/h2-8,17H,9H2,1H3. The minimum absolute atomic E-state index is 0.246. The van der Waals surface area contributed by atoms with Crippen LogP contribution in [0.5, 0.6) is 0 Å². The molecule has 2 aromatic carbocycles. The molecule has 0 aliphatic carbocycles. The molecule has 0 saturated heterocycles. The largest absolute Gasteiger partial charge is 0.241 e. The lowest BCUT2D eigenvalue weighted by Gasteiger charge is -2.07. The first-order chi connectivity index (χ1) is 10.4. The number of halogens is 1. The number of aryl methyl sites for hydroxylation is 1. The molecule has 0 bridgehead atoms. The normalized spacial score (nSPS) is 11.9. The van der Waals surface area contributed by atoms with Gasteiger partial charge in [-0.05, 0) is 65.4 Å². The third-order valence-electron chi connectivity index (χ3n) is 3.16. The molecule has 1 aromatic heterocycles. The Kier molecular flexibility index (Phi) is 4.49. The van der Waals surface area contributed by atoms with E-state index in [9.17, 15) is 8.42 Å². The van der Waals surface area contributed by atoms with Gasteiger partial charge in [0.05, 0.1) is 20.1 Å². The minimum Gasteiger partial charge on any atom is -0.241 e. The molecule has 0 aliphatic heterocycles. The van der Waals surface area contributed by atoms with Crippen LogP contribution in [0.4, 0.5) is 0 Å². The number of aromatic nitrogens is 1. The zero-order valence-corrected chi connectivity index (χ0v) is 15.5. The van der Waals surface area contributed by atoms with Crippen molar-refractivity contribution < 1.29 is 8.42 Å². The lowest BCUT2D eigenvalue weighted by atomic mass is 10.2. The topological polar surface area (TPSA) is 59.1 Å². The Morgan fingerprint density at radius 2 is 1.91 bits per heavy atom. The third-order valence-corrected chi connectivity index (χ3v) is 6.23. The molecule has 0 aliphatic rings. The number of nitrogens with zero attached hydrogens (tertiary/aromatic N) is 1. The molecular formula is C15H13IN2O2S2. The summed E-state index contributed by atoms with van der Waals surface area (Å²) in [5.74, 6) is 0. The molecule has 0 atom stereocenters. The summed E-state index contributed by atoms with van der Waals surface area (Å²) in [6, 6.07) is 12.8. The lowest BCUT2D eigenvalue weighted by molar-refractivity contribution is 0.581. The van der Waals surface area contributed by atoms with E-state index in [1.807, 2.05) is 31.2 Å². The zero-order chi connectivity index (χ0) is 15.7. The van der Waals surface area contributed by atoms with Crippen molar-refractivity contribution in [1.29, 1.82) is 0 Å². The van der Waals surface area contributed by atoms with Gasteiger partial charge in [0.25, 0.3) is 0 Å². The van der Waals surface area contributed by atoms with Crippen LogP contribution >= 0.6 is 33.9 Å². The van der Waals surface area contributed by atoms with Gasteiger partial charge in [-0.25, -0.2) is 18.1 Å². The average molecular weight is 444 g/mol. The van der Waals surface area contributed by atoms with Crippen LogP contribution in [-0.2, 0) is 16.6 Å². The van der Waals surface area contributed by atoms with Crippen molar-refractivity contribution in [3.8, 4) is 0 Å². The number of rotatable bonds is 4. The first-order valence-corrected chi connectivity index (χ1v) is 9.93. The predicted molar refractivity (Wildman–Crippen MR) is 97.5 cm³/mol. The number of fused-ring (bicyclic) bond motifs is 1. The summed E-state index contributed by atoms with van der Waals surface area (Å²) in [5.41, 5.74) is 1.65. The van der Waals surface area contributed by atoms with Crippen molar-refractivity contribution in [3.05, 3.63) is 56.6 Å². The molecule has 0 radical (unpaired) electrons. The maximum atomic E-state index is 12.4. The Labute approximate surface area is 146 Å². The summed E-state index contributed by atoms with van der Waals surface area (Å²) in [6.07, 6.45) is 0. The van der Waals surface area contributed by atoms with Gasteiger partial charge in [0.1, 0.15) is 0 Å². The van der Waals surface area contributed by atoms with Gasteiger partial charge in [-0.3, -0.25) is 0 Å². The first-order valence-electron chi connectivity index (χ1n) is 6.55. The second-order valence-electron chi connectivity index (χ2n) is 4.81. The van der Waals surface area contributed by atoms with Crippen LogP contribution in [0.3, 0.4) is 0 Å². The van der Waals surface area contributed by atoms with Crippen molar-refractivity contribution in [2.24, 2.45) is 0 Å². The minimum atomic E-state index is -3.54. The van der Waals surface area contributed by atoms with Crippen molar-refractivity contribution in [2.75, 3.05) is 0 Å². The molecule has 0 amide bonds. The van der Waals surface area contributed by atoms with Gasteiger partial charge in [-0.15, -0.1) is 11.3 Å². The van der Waals surface area contributed by atoms with Crippen LogP contribution < -0.4 is 4.72 Å². The van der Waals surface area contributed by atoms with E-state index in [-0.39, 0.29) is 11.4 Å². The van der Waals surface area contributed by atoms with Gasteiger partial charge in [0, 0.05) is 10.1 Å². The van der Waals surface area contributed by atoms with E-state index in [1.54, 1.807) is 29.5 Å². The lowest BCUT2D eigenvalue weighted by Crippen LogP contribution is -2.23. The molecule has 0 unspecified atom stereocenters. The SMILES string of the molecule is Cc1nc2cc(S(=O)(=O)NCc3ccc(I)cc3)ccc2s1. The highest BCUT2D eigenvalue weighted by Gasteiger charge is 2.15. The number of benzene rings is 2. The molecule has 3 aromatic rings. The fourth-order valence-corrected chi connectivity index (χ4v) is 4.26. The van der Waals surface area contributed by atoms with E-state index < -0.39 is 10.0 Å². The highest BCUT2D eigenvalue weighted by atomic mass is 127. The van der Waals surface area contributed by atoms with Crippen LogP contribution in [-0.4, -0.2) is 13.4 Å². The van der Waals surface area contributed by atoms with Gasteiger partial charge < -0.3 is 0 Å². The maximum absolute atomic E-state index is 12.4. The van der Waals surface area contributed by atoms with Crippen LogP contribution in [0.15, 0.2) is 47.4 Å².